The molecule has 2 aromatic rings. The van der Waals surface area contributed by atoms with Gasteiger partial charge in [-0.3, -0.25) is 4.55 Å². The lowest BCUT2D eigenvalue weighted by atomic mass is 10.1. The first kappa shape index (κ1) is 26.9. The lowest BCUT2D eigenvalue weighted by Crippen LogP contribution is -2.39. The van der Waals surface area contributed by atoms with Gasteiger partial charge in [0.25, 0.3) is 0 Å². The van der Waals surface area contributed by atoms with E-state index in [0.29, 0.717) is 11.3 Å². The van der Waals surface area contributed by atoms with E-state index in [0.717, 1.165) is 3.57 Å². The molecule has 2 aromatic carbocycles. The highest BCUT2D eigenvalue weighted by Crippen LogP contribution is 2.29. The molecule has 1 unspecified atom stereocenters. The second-order valence-corrected chi connectivity index (χ2v) is 9.28. The van der Waals surface area contributed by atoms with E-state index in [9.17, 15) is 26.4 Å². The molecule has 180 valence electrons. The van der Waals surface area contributed by atoms with Gasteiger partial charge in [0.05, 0.1) is 6.61 Å². The standard InChI is InChI=1S/C21H20F3IO7S/c1-2-14-3-8-18(31-12-11-30-16-6-4-15(25)5-7-16)17(13-14)20(26)32-10-9-19(22)21(23,24)33(27,28)29/h2-8,13,19H,1,9-12H2,(H,27,28,29). The summed E-state index contributed by atoms with van der Waals surface area (Å²) in [6.45, 7) is 2.94. The summed E-state index contributed by atoms with van der Waals surface area (Å²) in [4.78, 5) is 12.4. The SMILES string of the molecule is C=Cc1ccc(OCCOc2ccc(I)cc2)c(C(=O)OCCC(F)C(F)(F)S(=O)(=O)O)c1. The summed E-state index contributed by atoms with van der Waals surface area (Å²) in [7, 11) is -5.95. The Morgan fingerprint density at radius 2 is 1.76 bits per heavy atom. The van der Waals surface area contributed by atoms with E-state index in [4.69, 9.17) is 18.8 Å². The molecule has 0 bridgehead atoms. The summed E-state index contributed by atoms with van der Waals surface area (Å²) >= 11 is 2.16. The maximum absolute atomic E-state index is 13.6. The Morgan fingerprint density at radius 3 is 2.36 bits per heavy atom. The van der Waals surface area contributed by atoms with E-state index in [1.165, 1.54) is 18.2 Å². The van der Waals surface area contributed by atoms with Crippen LogP contribution in [0.25, 0.3) is 6.08 Å². The van der Waals surface area contributed by atoms with Crippen LogP contribution in [0.1, 0.15) is 22.3 Å². The summed E-state index contributed by atoms with van der Waals surface area (Å²) in [5, 5.41) is -5.02. The van der Waals surface area contributed by atoms with Gasteiger partial charge in [-0.15, -0.1) is 0 Å². The van der Waals surface area contributed by atoms with Crippen molar-refractivity contribution in [2.45, 2.75) is 17.8 Å². The van der Waals surface area contributed by atoms with Gasteiger partial charge >= 0.3 is 21.3 Å². The highest BCUT2D eigenvalue weighted by Gasteiger charge is 2.52. The Morgan fingerprint density at radius 1 is 1.12 bits per heavy atom. The second kappa shape index (κ2) is 11.7. The zero-order valence-electron chi connectivity index (χ0n) is 17.0. The van der Waals surface area contributed by atoms with Crippen LogP contribution in [0.3, 0.4) is 0 Å². The average molecular weight is 600 g/mol. The van der Waals surface area contributed by atoms with Gasteiger partial charge in [0.2, 0.25) is 0 Å². The molecular weight excluding hydrogens is 580 g/mol. The van der Waals surface area contributed by atoms with Crippen LogP contribution >= 0.6 is 22.6 Å². The molecular formula is C21H20F3IO7S. The van der Waals surface area contributed by atoms with Crippen molar-refractivity contribution in [2.24, 2.45) is 0 Å². The van der Waals surface area contributed by atoms with Gasteiger partial charge in [0, 0.05) is 9.99 Å². The Kier molecular flexibility index (Phi) is 9.55. The molecule has 0 radical (unpaired) electrons. The molecule has 0 aliphatic heterocycles. The van der Waals surface area contributed by atoms with Crippen molar-refractivity contribution >= 4 is 44.8 Å². The number of esters is 1. The summed E-state index contributed by atoms with van der Waals surface area (Å²) in [5.41, 5.74) is 0.462. The van der Waals surface area contributed by atoms with Crippen LogP contribution in [0.2, 0.25) is 0 Å². The van der Waals surface area contributed by atoms with Crippen LogP contribution in [0.5, 0.6) is 11.5 Å². The number of hydrogen-bond acceptors (Lipinski definition) is 6. The largest absolute Gasteiger partial charge is 0.490 e. The van der Waals surface area contributed by atoms with Crippen molar-refractivity contribution in [3.05, 3.63) is 63.7 Å². The molecule has 0 aromatic heterocycles. The van der Waals surface area contributed by atoms with Crippen molar-refractivity contribution < 1.29 is 45.1 Å². The number of alkyl halides is 3. The lowest BCUT2D eigenvalue weighted by molar-refractivity contribution is -0.0163. The van der Waals surface area contributed by atoms with Crippen LogP contribution in [0, 0.1) is 3.57 Å². The van der Waals surface area contributed by atoms with Crippen molar-refractivity contribution in [1.29, 1.82) is 0 Å². The summed E-state index contributed by atoms with van der Waals surface area (Å²) < 4.78 is 86.6. The van der Waals surface area contributed by atoms with Gasteiger partial charge in [0.1, 0.15) is 30.3 Å². The molecule has 0 heterocycles. The molecule has 1 N–H and O–H groups in total. The molecule has 0 fully saturated rings. The minimum Gasteiger partial charge on any atom is -0.490 e. The number of carbonyl (C=O) groups is 1. The number of halogens is 4. The number of ether oxygens (including phenoxy) is 3. The summed E-state index contributed by atoms with van der Waals surface area (Å²) in [6.07, 6.45) is -2.97. The Hall–Kier alpha value is -2.32. The predicted molar refractivity (Wildman–Crippen MR) is 123 cm³/mol. The maximum Gasteiger partial charge on any atom is 0.400 e. The molecule has 0 amide bonds. The summed E-state index contributed by atoms with van der Waals surface area (Å²) in [6, 6.07) is 11.8. The average Bonchev–Trinajstić information content (AvgIpc) is 2.76. The molecule has 0 aliphatic carbocycles. The number of carbonyl (C=O) groups excluding carboxylic acids is 1. The molecule has 0 saturated heterocycles. The third-order valence-electron chi connectivity index (χ3n) is 4.20. The van der Waals surface area contributed by atoms with Crippen LogP contribution in [0.15, 0.2) is 49.0 Å². The highest BCUT2D eigenvalue weighted by molar-refractivity contribution is 14.1. The fraction of sp³-hybridized carbons (Fsp3) is 0.286. The van der Waals surface area contributed by atoms with Gasteiger partial charge in [-0.25, -0.2) is 9.18 Å². The van der Waals surface area contributed by atoms with Crippen molar-refractivity contribution in [1.82, 2.24) is 0 Å². The second-order valence-electron chi connectivity index (χ2n) is 6.54. The molecule has 0 spiro atoms. The van der Waals surface area contributed by atoms with Gasteiger partial charge in [0.15, 0.2) is 6.17 Å². The Balaban J connectivity index is 1.97. The highest BCUT2D eigenvalue weighted by atomic mass is 127. The van der Waals surface area contributed by atoms with Crippen molar-refractivity contribution in [2.75, 3.05) is 19.8 Å². The third-order valence-corrected chi connectivity index (χ3v) is 5.86. The van der Waals surface area contributed by atoms with Crippen LogP contribution in [-0.4, -0.2) is 50.2 Å². The van der Waals surface area contributed by atoms with E-state index >= 15 is 0 Å². The molecule has 7 nitrogen and oxygen atoms in total. The number of hydrogen-bond donors (Lipinski definition) is 1. The van der Waals surface area contributed by atoms with E-state index in [1.807, 2.05) is 12.1 Å². The smallest absolute Gasteiger partial charge is 0.400 e. The number of rotatable bonds is 12. The molecule has 2 rings (SSSR count). The maximum atomic E-state index is 13.6. The zero-order valence-corrected chi connectivity index (χ0v) is 20.0. The normalized spacial score (nSPS) is 12.6. The minimum absolute atomic E-state index is 0.0623. The molecule has 12 heteroatoms. The topological polar surface area (TPSA) is 99.1 Å². The first-order valence-electron chi connectivity index (χ1n) is 9.39. The monoisotopic (exact) mass is 600 g/mol. The molecule has 1 atom stereocenters. The zero-order chi connectivity index (χ0) is 24.6. The Labute approximate surface area is 202 Å². The molecule has 0 aliphatic rings. The van der Waals surface area contributed by atoms with Gasteiger partial charge in [-0.1, -0.05) is 18.7 Å². The third kappa shape index (κ3) is 7.61. The minimum atomic E-state index is -5.95. The van der Waals surface area contributed by atoms with Crippen molar-refractivity contribution in [3.63, 3.8) is 0 Å². The predicted octanol–water partition coefficient (Wildman–Crippen LogP) is 4.76. The van der Waals surface area contributed by atoms with Gasteiger partial charge in [-0.05, 0) is 64.6 Å². The molecule has 33 heavy (non-hydrogen) atoms. The van der Waals surface area contributed by atoms with Crippen LogP contribution < -0.4 is 9.47 Å². The Bertz CT molecular complexity index is 1080. The van der Waals surface area contributed by atoms with Gasteiger partial charge < -0.3 is 14.2 Å². The number of benzene rings is 2. The van der Waals surface area contributed by atoms with E-state index in [2.05, 4.69) is 29.2 Å². The van der Waals surface area contributed by atoms with E-state index in [-0.39, 0.29) is 24.5 Å². The lowest BCUT2D eigenvalue weighted by Gasteiger charge is -2.17. The molecule has 0 saturated carbocycles. The van der Waals surface area contributed by atoms with Crippen molar-refractivity contribution in [3.8, 4) is 11.5 Å². The first-order chi connectivity index (χ1) is 15.5. The van der Waals surface area contributed by atoms with E-state index in [1.54, 1.807) is 18.2 Å². The van der Waals surface area contributed by atoms with Crippen LogP contribution in [-0.2, 0) is 14.9 Å². The summed E-state index contributed by atoms with van der Waals surface area (Å²) in [5.74, 6) is -0.269. The van der Waals surface area contributed by atoms with Crippen LogP contribution in [0.4, 0.5) is 13.2 Å². The van der Waals surface area contributed by atoms with E-state index < -0.39 is 40.5 Å². The van der Waals surface area contributed by atoms with Gasteiger partial charge in [-0.2, -0.15) is 17.2 Å². The fourth-order valence-corrected chi connectivity index (χ4v) is 3.27. The first-order valence-corrected chi connectivity index (χ1v) is 11.9. The quantitative estimate of drug-likeness (QED) is 0.162. The fourth-order valence-electron chi connectivity index (χ4n) is 2.46.